The molecular weight excluding hydrogens is 502 g/mol. The molecule has 3 aromatic rings. The predicted octanol–water partition coefficient (Wildman–Crippen LogP) is 4.49. The smallest absolute Gasteiger partial charge is 0.387 e. The number of nitrogens with one attached hydrogen (secondary N) is 1. The van der Waals surface area contributed by atoms with Gasteiger partial charge in [0.25, 0.3) is 0 Å². The quantitative estimate of drug-likeness (QED) is 0.310. The van der Waals surface area contributed by atoms with Gasteiger partial charge in [0, 0.05) is 28.9 Å². The van der Waals surface area contributed by atoms with Gasteiger partial charge in [0.05, 0.1) is 6.10 Å². The van der Waals surface area contributed by atoms with Crippen LogP contribution in [0.15, 0.2) is 79.0 Å². The molecule has 0 fully saturated rings. The molecule has 3 atom stereocenters. The fourth-order valence-electron chi connectivity index (χ4n) is 3.25. The molecule has 0 radical (unpaired) electrons. The standard InChI is InChI=1S/C16H19ClN2.C10H15NO.H2O4S/c1-19(2)12-10-15(16-5-3-4-11-18-16)13-6-8-14(17)9-7-13;1-8(11-2)10(12)9-6-4-3-5-7-9;1-5(2,3)4/h3-9,11,15H,10,12H2,1-2H3;3-8,10-12H,1-2H3;(H2,1,2,3,4)/t;8-,10+;/m.0./s1. The van der Waals surface area contributed by atoms with Crippen molar-refractivity contribution < 1.29 is 22.6 Å². The second-order valence-electron chi connectivity index (χ2n) is 8.33. The third-order valence-corrected chi connectivity index (χ3v) is 5.50. The zero-order valence-electron chi connectivity index (χ0n) is 21.0. The van der Waals surface area contributed by atoms with Crippen molar-refractivity contribution in [3.8, 4) is 0 Å². The highest BCUT2D eigenvalue weighted by Gasteiger charge is 2.15. The molecule has 0 bridgehead atoms. The van der Waals surface area contributed by atoms with E-state index in [4.69, 9.17) is 29.1 Å². The van der Waals surface area contributed by atoms with Gasteiger partial charge in [-0.3, -0.25) is 14.1 Å². The molecule has 10 heteroatoms. The molecule has 2 aromatic carbocycles. The average Bonchev–Trinajstić information content (AvgIpc) is 2.84. The first-order valence-electron chi connectivity index (χ1n) is 11.3. The van der Waals surface area contributed by atoms with Crippen molar-refractivity contribution >= 4 is 22.0 Å². The van der Waals surface area contributed by atoms with Gasteiger partial charge in [-0.05, 0) is 76.4 Å². The summed E-state index contributed by atoms with van der Waals surface area (Å²) in [6, 6.07) is 23.9. The summed E-state index contributed by atoms with van der Waals surface area (Å²) in [6.07, 6.45) is 2.48. The topological polar surface area (TPSA) is 123 Å². The van der Waals surface area contributed by atoms with Crippen LogP contribution in [0.25, 0.3) is 0 Å². The Kier molecular flexibility index (Phi) is 14.4. The Hall–Kier alpha value is -2.37. The van der Waals surface area contributed by atoms with E-state index >= 15 is 0 Å². The highest BCUT2D eigenvalue weighted by Crippen LogP contribution is 2.27. The lowest BCUT2D eigenvalue weighted by Crippen LogP contribution is -2.28. The van der Waals surface area contributed by atoms with Crippen LogP contribution in [0.2, 0.25) is 5.02 Å². The van der Waals surface area contributed by atoms with Crippen LogP contribution in [0.4, 0.5) is 0 Å². The van der Waals surface area contributed by atoms with Gasteiger partial charge in [-0.1, -0.05) is 60.1 Å². The van der Waals surface area contributed by atoms with Crippen molar-refractivity contribution in [2.45, 2.75) is 31.4 Å². The Morgan fingerprint density at radius 3 is 1.97 bits per heavy atom. The van der Waals surface area contributed by atoms with E-state index in [1.807, 2.05) is 74.8 Å². The van der Waals surface area contributed by atoms with E-state index in [9.17, 15) is 5.11 Å². The first-order chi connectivity index (χ1) is 16.9. The molecule has 36 heavy (non-hydrogen) atoms. The molecule has 0 aliphatic carbocycles. The molecule has 0 spiro atoms. The fourth-order valence-corrected chi connectivity index (χ4v) is 3.37. The van der Waals surface area contributed by atoms with Crippen LogP contribution in [0.5, 0.6) is 0 Å². The number of hydrogen-bond donors (Lipinski definition) is 4. The number of benzene rings is 2. The largest absolute Gasteiger partial charge is 0.394 e. The number of rotatable bonds is 8. The number of likely N-dealkylation sites (N-methyl/N-ethyl adjacent to an activating group) is 1. The number of aromatic nitrogens is 1. The van der Waals surface area contributed by atoms with Gasteiger partial charge in [0.1, 0.15) is 0 Å². The first-order valence-corrected chi connectivity index (χ1v) is 13.1. The van der Waals surface area contributed by atoms with E-state index < -0.39 is 16.5 Å². The van der Waals surface area contributed by atoms with Crippen molar-refractivity contribution in [3.63, 3.8) is 0 Å². The van der Waals surface area contributed by atoms with Gasteiger partial charge in [0.15, 0.2) is 0 Å². The summed E-state index contributed by atoms with van der Waals surface area (Å²) in [4.78, 5) is 6.70. The Labute approximate surface area is 219 Å². The fraction of sp³-hybridized carbons (Fsp3) is 0.346. The molecule has 0 saturated carbocycles. The van der Waals surface area contributed by atoms with Gasteiger partial charge >= 0.3 is 10.4 Å². The summed E-state index contributed by atoms with van der Waals surface area (Å²) in [5, 5.41) is 13.5. The van der Waals surface area contributed by atoms with Crippen LogP contribution >= 0.6 is 11.6 Å². The average molecular weight is 538 g/mol. The summed E-state index contributed by atoms with van der Waals surface area (Å²) in [5.41, 5.74) is 3.34. The third kappa shape index (κ3) is 13.6. The third-order valence-electron chi connectivity index (χ3n) is 5.25. The van der Waals surface area contributed by atoms with Crippen molar-refractivity contribution in [3.05, 3.63) is 101 Å². The SMILES string of the molecule is CN(C)CCC(c1ccc(Cl)cc1)c1ccccn1.CN[C@@H](C)[C@@H](O)c1ccccc1.O=S(=O)(O)O. The van der Waals surface area contributed by atoms with Crippen LogP contribution in [0, 0.1) is 0 Å². The maximum Gasteiger partial charge on any atom is 0.394 e. The highest BCUT2D eigenvalue weighted by molar-refractivity contribution is 7.79. The monoisotopic (exact) mass is 537 g/mol. The van der Waals surface area contributed by atoms with Crippen LogP contribution in [0.1, 0.15) is 42.2 Å². The van der Waals surface area contributed by atoms with E-state index in [0.29, 0.717) is 5.92 Å². The number of hydrogen-bond acceptors (Lipinski definition) is 6. The zero-order valence-corrected chi connectivity index (χ0v) is 22.6. The van der Waals surface area contributed by atoms with E-state index in [1.54, 1.807) is 0 Å². The van der Waals surface area contributed by atoms with Gasteiger partial charge in [-0.25, -0.2) is 0 Å². The second-order valence-corrected chi connectivity index (χ2v) is 9.66. The van der Waals surface area contributed by atoms with E-state index in [2.05, 4.69) is 47.5 Å². The van der Waals surface area contributed by atoms with Crippen LogP contribution in [0.3, 0.4) is 0 Å². The minimum Gasteiger partial charge on any atom is -0.387 e. The molecule has 0 saturated heterocycles. The Morgan fingerprint density at radius 1 is 0.944 bits per heavy atom. The minimum absolute atomic E-state index is 0.0902. The van der Waals surface area contributed by atoms with Gasteiger partial charge in [-0.2, -0.15) is 8.42 Å². The van der Waals surface area contributed by atoms with Gasteiger partial charge in [0.2, 0.25) is 0 Å². The molecule has 8 nitrogen and oxygen atoms in total. The zero-order chi connectivity index (χ0) is 27.1. The molecule has 4 N–H and O–H groups in total. The number of nitrogens with zero attached hydrogens (tertiary/aromatic N) is 2. The summed E-state index contributed by atoms with van der Waals surface area (Å²) < 4.78 is 31.6. The predicted molar refractivity (Wildman–Crippen MR) is 145 cm³/mol. The van der Waals surface area contributed by atoms with Crippen LogP contribution < -0.4 is 5.32 Å². The molecule has 1 unspecified atom stereocenters. The minimum atomic E-state index is -4.67. The number of aliphatic hydroxyl groups excluding tert-OH is 1. The summed E-state index contributed by atoms with van der Waals surface area (Å²) in [7, 11) is 1.37. The molecule has 0 amide bonds. The lowest BCUT2D eigenvalue weighted by atomic mass is 9.92. The number of halogens is 1. The van der Waals surface area contributed by atoms with E-state index in [0.717, 1.165) is 29.2 Å². The van der Waals surface area contributed by atoms with Crippen molar-refractivity contribution in [2.24, 2.45) is 0 Å². The second kappa shape index (κ2) is 16.4. The van der Waals surface area contributed by atoms with Crippen molar-refractivity contribution in [1.29, 1.82) is 0 Å². The summed E-state index contributed by atoms with van der Waals surface area (Å²) >= 11 is 5.97. The van der Waals surface area contributed by atoms with Crippen molar-refractivity contribution in [1.82, 2.24) is 15.2 Å². The maximum atomic E-state index is 9.73. The lowest BCUT2D eigenvalue weighted by Gasteiger charge is -2.19. The number of pyridine rings is 1. The van der Waals surface area contributed by atoms with E-state index in [-0.39, 0.29) is 6.04 Å². The van der Waals surface area contributed by atoms with Crippen LogP contribution in [-0.4, -0.2) is 66.2 Å². The van der Waals surface area contributed by atoms with Gasteiger partial charge < -0.3 is 15.3 Å². The van der Waals surface area contributed by atoms with E-state index in [1.165, 1.54) is 5.56 Å². The van der Waals surface area contributed by atoms with Crippen molar-refractivity contribution in [2.75, 3.05) is 27.7 Å². The molecule has 0 aliphatic rings. The normalized spacial score (nSPS) is 13.5. The molecule has 1 heterocycles. The van der Waals surface area contributed by atoms with Crippen LogP contribution in [-0.2, 0) is 10.4 Å². The first kappa shape index (κ1) is 31.7. The molecular formula is C26H36ClN3O5S. The summed E-state index contributed by atoms with van der Waals surface area (Å²) in [5.74, 6) is 0.320. The molecule has 3 rings (SSSR count). The summed E-state index contributed by atoms with van der Waals surface area (Å²) in [6.45, 7) is 2.99. The Bertz CT molecular complexity index is 1080. The highest BCUT2D eigenvalue weighted by atomic mass is 35.5. The molecule has 198 valence electrons. The Morgan fingerprint density at radius 2 is 1.50 bits per heavy atom. The lowest BCUT2D eigenvalue weighted by molar-refractivity contribution is 0.140. The Balaban J connectivity index is 0.000000325. The van der Waals surface area contributed by atoms with Gasteiger partial charge in [-0.15, -0.1) is 0 Å². The maximum absolute atomic E-state index is 9.73. The molecule has 0 aliphatic heterocycles. The molecule has 1 aromatic heterocycles. The number of aliphatic hydroxyl groups is 1.